The minimum absolute atomic E-state index is 0.0287. The van der Waals surface area contributed by atoms with E-state index in [1.54, 1.807) is 6.08 Å². The standard InChI is InChI=1S/C24H33N3O6/c1-6-17(7-2)31-21-11-16(24(29)30)10-19(23(21)26-15(5)28)25-12-18-8-9-20(32-18)22-13(3)27-33-14(22)4/h8-9,11,17,19,21,23,25H,6-7,10,12H2,1-5H3,(H,26,28)(H,29,30)/t19-,21+,23+/m0/s1. The lowest BCUT2D eigenvalue weighted by Crippen LogP contribution is -2.58. The summed E-state index contributed by atoms with van der Waals surface area (Å²) >= 11 is 0. The summed E-state index contributed by atoms with van der Waals surface area (Å²) in [6, 6.07) is 2.95. The number of furan rings is 1. The first-order chi connectivity index (χ1) is 15.7. The van der Waals surface area contributed by atoms with Crippen LogP contribution in [-0.2, 0) is 20.9 Å². The van der Waals surface area contributed by atoms with Gasteiger partial charge in [0.15, 0.2) is 0 Å². The van der Waals surface area contributed by atoms with Gasteiger partial charge in [-0.1, -0.05) is 19.0 Å². The van der Waals surface area contributed by atoms with Crippen molar-refractivity contribution in [1.29, 1.82) is 0 Å². The Labute approximate surface area is 193 Å². The monoisotopic (exact) mass is 459 g/mol. The third-order valence-corrected chi connectivity index (χ3v) is 5.98. The third kappa shape index (κ3) is 5.91. The van der Waals surface area contributed by atoms with Crippen LogP contribution in [0.15, 0.2) is 32.7 Å². The van der Waals surface area contributed by atoms with Crippen molar-refractivity contribution in [3.63, 3.8) is 0 Å². The van der Waals surface area contributed by atoms with E-state index in [2.05, 4.69) is 15.8 Å². The molecular weight excluding hydrogens is 426 g/mol. The second kappa shape index (κ2) is 10.8. The molecule has 180 valence electrons. The van der Waals surface area contributed by atoms with E-state index in [9.17, 15) is 14.7 Å². The second-order valence-electron chi connectivity index (χ2n) is 8.42. The fraction of sp³-hybridized carbons (Fsp3) is 0.542. The number of carboxylic acids is 1. The van der Waals surface area contributed by atoms with Crippen LogP contribution in [0, 0.1) is 13.8 Å². The zero-order valence-corrected chi connectivity index (χ0v) is 19.8. The second-order valence-corrected chi connectivity index (χ2v) is 8.42. The predicted molar refractivity (Wildman–Crippen MR) is 121 cm³/mol. The smallest absolute Gasteiger partial charge is 0.331 e. The largest absolute Gasteiger partial charge is 0.478 e. The summed E-state index contributed by atoms with van der Waals surface area (Å²) in [5, 5.41) is 20.0. The fourth-order valence-corrected chi connectivity index (χ4v) is 4.24. The van der Waals surface area contributed by atoms with Crippen LogP contribution in [0.2, 0.25) is 0 Å². The third-order valence-electron chi connectivity index (χ3n) is 5.98. The molecule has 2 aromatic rings. The molecule has 0 bridgehead atoms. The number of carboxylic acid groups (broad SMARTS) is 1. The number of hydrogen-bond acceptors (Lipinski definition) is 7. The topological polar surface area (TPSA) is 127 Å². The van der Waals surface area contributed by atoms with Crippen LogP contribution in [0.25, 0.3) is 11.3 Å². The summed E-state index contributed by atoms with van der Waals surface area (Å²) < 4.78 is 17.4. The number of carbonyl (C=O) groups is 2. The Morgan fingerprint density at radius 3 is 2.58 bits per heavy atom. The first kappa shape index (κ1) is 24.7. The van der Waals surface area contributed by atoms with Crippen molar-refractivity contribution in [3.05, 3.63) is 41.0 Å². The molecule has 33 heavy (non-hydrogen) atoms. The molecule has 0 saturated carbocycles. The highest BCUT2D eigenvalue weighted by Crippen LogP contribution is 2.29. The number of ether oxygens (including phenoxy) is 1. The van der Waals surface area contributed by atoms with Gasteiger partial charge >= 0.3 is 5.97 Å². The van der Waals surface area contributed by atoms with Crippen molar-refractivity contribution in [2.75, 3.05) is 0 Å². The molecule has 0 spiro atoms. The lowest BCUT2D eigenvalue weighted by molar-refractivity contribution is -0.133. The average Bonchev–Trinajstić information content (AvgIpc) is 3.36. The van der Waals surface area contributed by atoms with E-state index >= 15 is 0 Å². The maximum absolute atomic E-state index is 12.0. The Balaban J connectivity index is 1.80. The number of hydrogen-bond donors (Lipinski definition) is 3. The lowest BCUT2D eigenvalue weighted by atomic mass is 9.87. The van der Waals surface area contributed by atoms with Crippen molar-refractivity contribution in [2.24, 2.45) is 0 Å². The molecule has 1 amide bonds. The maximum atomic E-state index is 12.0. The lowest BCUT2D eigenvalue weighted by Gasteiger charge is -2.38. The highest BCUT2D eigenvalue weighted by Gasteiger charge is 2.37. The zero-order valence-electron chi connectivity index (χ0n) is 19.8. The van der Waals surface area contributed by atoms with Gasteiger partial charge in [0, 0.05) is 18.5 Å². The number of aryl methyl sites for hydroxylation is 2. The minimum atomic E-state index is -0.986. The maximum Gasteiger partial charge on any atom is 0.331 e. The van der Waals surface area contributed by atoms with Crippen molar-refractivity contribution < 1.29 is 28.4 Å². The number of aromatic nitrogens is 1. The molecule has 3 N–H and O–H groups in total. The zero-order chi connectivity index (χ0) is 24.1. The molecule has 0 fully saturated rings. The van der Waals surface area contributed by atoms with Gasteiger partial charge in [0.25, 0.3) is 0 Å². The summed E-state index contributed by atoms with van der Waals surface area (Å²) in [7, 11) is 0. The van der Waals surface area contributed by atoms with Gasteiger partial charge in [0.05, 0.1) is 36.1 Å². The average molecular weight is 460 g/mol. The number of carbonyl (C=O) groups excluding carboxylic acids is 1. The van der Waals surface area contributed by atoms with Crippen molar-refractivity contribution in [3.8, 4) is 11.3 Å². The molecule has 3 rings (SSSR count). The number of nitrogens with zero attached hydrogens (tertiary/aromatic N) is 1. The molecule has 2 heterocycles. The molecule has 3 atom stereocenters. The Morgan fingerprint density at radius 2 is 2.00 bits per heavy atom. The van der Waals surface area contributed by atoms with Crippen LogP contribution in [0.4, 0.5) is 0 Å². The van der Waals surface area contributed by atoms with Crippen LogP contribution in [-0.4, -0.2) is 46.4 Å². The first-order valence-electron chi connectivity index (χ1n) is 11.3. The summed E-state index contributed by atoms with van der Waals surface area (Å²) in [6.45, 7) is 9.53. The van der Waals surface area contributed by atoms with E-state index in [1.165, 1.54) is 6.92 Å². The minimum Gasteiger partial charge on any atom is -0.478 e. The van der Waals surface area contributed by atoms with E-state index in [0.29, 0.717) is 23.8 Å². The number of rotatable bonds is 10. The van der Waals surface area contributed by atoms with Gasteiger partial charge in [0.1, 0.15) is 17.3 Å². The molecule has 0 aromatic carbocycles. The first-order valence-corrected chi connectivity index (χ1v) is 11.3. The van der Waals surface area contributed by atoms with Crippen molar-refractivity contribution >= 4 is 11.9 Å². The molecule has 9 heteroatoms. The number of amides is 1. The van der Waals surface area contributed by atoms with Crippen LogP contribution < -0.4 is 10.6 Å². The van der Waals surface area contributed by atoms with Gasteiger partial charge in [-0.15, -0.1) is 0 Å². The SMILES string of the molecule is CCC(CC)O[C@@H]1C=C(C(=O)O)C[C@H](NCc2ccc(-c3c(C)noc3C)o2)[C@H]1NC(C)=O. The fourth-order valence-electron chi connectivity index (χ4n) is 4.24. The molecule has 0 aliphatic heterocycles. The van der Waals surface area contributed by atoms with E-state index < -0.39 is 18.1 Å². The summed E-state index contributed by atoms with van der Waals surface area (Å²) in [6.07, 6.45) is 2.89. The van der Waals surface area contributed by atoms with Gasteiger partial charge in [-0.2, -0.15) is 0 Å². The Bertz CT molecular complexity index is 984. The van der Waals surface area contributed by atoms with Gasteiger partial charge in [-0.3, -0.25) is 4.79 Å². The number of nitrogens with one attached hydrogen (secondary N) is 2. The molecule has 1 aliphatic carbocycles. The predicted octanol–water partition coefficient (Wildman–Crippen LogP) is 3.50. The van der Waals surface area contributed by atoms with E-state index in [1.807, 2.05) is 39.8 Å². The molecule has 2 aromatic heterocycles. The van der Waals surface area contributed by atoms with E-state index in [-0.39, 0.29) is 30.0 Å². The summed E-state index contributed by atoms with van der Waals surface area (Å²) in [4.78, 5) is 23.8. The van der Waals surface area contributed by atoms with Crippen molar-refractivity contribution in [2.45, 2.75) is 84.7 Å². The summed E-state index contributed by atoms with van der Waals surface area (Å²) in [5.41, 5.74) is 1.84. The van der Waals surface area contributed by atoms with Crippen LogP contribution in [0.3, 0.4) is 0 Å². The van der Waals surface area contributed by atoms with Crippen LogP contribution in [0.5, 0.6) is 0 Å². The van der Waals surface area contributed by atoms with Crippen LogP contribution >= 0.6 is 0 Å². The van der Waals surface area contributed by atoms with Gasteiger partial charge in [-0.05, 0) is 51.3 Å². The van der Waals surface area contributed by atoms with Gasteiger partial charge in [0.2, 0.25) is 5.91 Å². The van der Waals surface area contributed by atoms with E-state index in [0.717, 1.165) is 24.1 Å². The normalized spacial score (nSPS) is 20.7. The molecule has 0 radical (unpaired) electrons. The quantitative estimate of drug-likeness (QED) is 0.493. The van der Waals surface area contributed by atoms with Crippen LogP contribution in [0.1, 0.15) is 57.2 Å². The Kier molecular flexibility index (Phi) is 8.10. The number of aliphatic carboxylic acids is 1. The highest BCUT2D eigenvalue weighted by molar-refractivity contribution is 5.87. The Hall–Kier alpha value is -2.91. The highest BCUT2D eigenvalue weighted by atomic mass is 16.5. The Morgan fingerprint density at radius 1 is 1.27 bits per heavy atom. The van der Waals surface area contributed by atoms with E-state index in [4.69, 9.17) is 13.7 Å². The molecule has 1 aliphatic rings. The molecular formula is C24H33N3O6. The van der Waals surface area contributed by atoms with Gasteiger partial charge < -0.3 is 29.4 Å². The molecule has 0 unspecified atom stereocenters. The molecule has 0 saturated heterocycles. The van der Waals surface area contributed by atoms with Crippen molar-refractivity contribution in [1.82, 2.24) is 15.8 Å². The summed E-state index contributed by atoms with van der Waals surface area (Å²) in [5.74, 6) is 0.828. The molecule has 9 nitrogen and oxygen atoms in total. The van der Waals surface area contributed by atoms with Gasteiger partial charge in [-0.25, -0.2) is 4.79 Å².